The van der Waals surface area contributed by atoms with Gasteiger partial charge in [0.25, 0.3) is 0 Å². The van der Waals surface area contributed by atoms with Crippen molar-refractivity contribution in [1.82, 2.24) is 0 Å². The van der Waals surface area contributed by atoms with Gasteiger partial charge in [-0.1, -0.05) is 301 Å². The number of ether oxygens (including phenoxy) is 3. The van der Waals surface area contributed by atoms with Crippen molar-refractivity contribution in [3.63, 3.8) is 0 Å². The van der Waals surface area contributed by atoms with Crippen molar-refractivity contribution in [3.05, 3.63) is 36.5 Å². The molecule has 0 aromatic heterocycles. The number of esters is 3. The molecule has 0 aromatic carbocycles. The highest BCUT2D eigenvalue weighted by Crippen LogP contribution is 2.18. The maximum Gasteiger partial charge on any atom is 0.306 e. The molecule has 74 heavy (non-hydrogen) atoms. The molecule has 1 unspecified atom stereocenters. The highest BCUT2D eigenvalue weighted by molar-refractivity contribution is 5.71. The Kier molecular flexibility index (Phi) is 61.1. The first kappa shape index (κ1) is 71.6. The third-order valence-electron chi connectivity index (χ3n) is 14.9. The van der Waals surface area contributed by atoms with Gasteiger partial charge < -0.3 is 14.2 Å². The largest absolute Gasteiger partial charge is 0.462 e. The number of carbonyl (C=O) groups is 3. The van der Waals surface area contributed by atoms with E-state index in [-0.39, 0.29) is 31.1 Å². The van der Waals surface area contributed by atoms with Crippen LogP contribution in [0, 0.1) is 0 Å². The van der Waals surface area contributed by atoms with Crippen molar-refractivity contribution in [3.8, 4) is 0 Å². The third-order valence-corrected chi connectivity index (χ3v) is 14.9. The quantitative estimate of drug-likeness (QED) is 0.0261. The molecule has 434 valence electrons. The predicted octanol–water partition coefficient (Wildman–Crippen LogP) is 22.4. The average molecular weight is 1040 g/mol. The van der Waals surface area contributed by atoms with Crippen LogP contribution in [0.25, 0.3) is 0 Å². The second-order valence-electron chi connectivity index (χ2n) is 22.4. The number of unbranched alkanes of at least 4 members (excludes halogenated alkanes) is 44. The summed E-state index contributed by atoms with van der Waals surface area (Å²) in [5.41, 5.74) is 0. The molecular weight excluding hydrogens is 913 g/mol. The van der Waals surface area contributed by atoms with Gasteiger partial charge in [-0.3, -0.25) is 14.4 Å². The Morgan fingerprint density at radius 3 is 0.784 bits per heavy atom. The SMILES string of the molecule is CCCCC/C=C\C/C=C\CCCCCCCC(=O)OC(COC(=O)CCCCCCCCCCCCCCCC)COC(=O)CCCCCCCCCCCCCCCCC/C=C\CCCCCCCCCC. The number of hydrogen-bond donors (Lipinski definition) is 0. The smallest absolute Gasteiger partial charge is 0.306 e. The monoisotopic (exact) mass is 1040 g/mol. The van der Waals surface area contributed by atoms with E-state index in [1.54, 1.807) is 0 Å². The van der Waals surface area contributed by atoms with Crippen LogP contribution in [0.1, 0.15) is 361 Å². The summed E-state index contributed by atoms with van der Waals surface area (Å²) in [5.74, 6) is -0.863. The van der Waals surface area contributed by atoms with Crippen molar-refractivity contribution >= 4 is 17.9 Å². The molecule has 0 saturated carbocycles. The summed E-state index contributed by atoms with van der Waals surface area (Å²) in [4.78, 5) is 38.3. The maximum absolute atomic E-state index is 12.9. The topological polar surface area (TPSA) is 78.9 Å². The zero-order chi connectivity index (χ0) is 53.6. The fourth-order valence-electron chi connectivity index (χ4n) is 9.88. The first-order valence-electron chi connectivity index (χ1n) is 33.0. The number of hydrogen-bond acceptors (Lipinski definition) is 6. The van der Waals surface area contributed by atoms with Gasteiger partial charge in [-0.15, -0.1) is 0 Å². The van der Waals surface area contributed by atoms with Crippen LogP contribution >= 0.6 is 0 Å². The molecule has 0 saturated heterocycles. The maximum atomic E-state index is 12.9. The predicted molar refractivity (Wildman–Crippen MR) is 321 cm³/mol. The summed E-state index contributed by atoms with van der Waals surface area (Å²) < 4.78 is 16.9. The lowest BCUT2D eigenvalue weighted by molar-refractivity contribution is -0.167. The minimum Gasteiger partial charge on any atom is -0.462 e. The molecule has 0 spiro atoms. The molecule has 0 aromatic rings. The van der Waals surface area contributed by atoms with Gasteiger partial charge in [-0.25, -0.2) is 0 Å². The summed E-state index contributed by atoms with van der Waals surface area (Å²) >= 11 is 0. The molecule has 1 atom stereocenters. The molecule has 0 heterocycles. The molecule has 0 fully saturated rings. The summed E-state index contributed by atoms with van der Waals surface area (Å²) in [6.07, 6.45) is 77.3. The zero-order valence-electron chi connectivity index (χ0n) is 49.9. The molecule has 0 N–H and O–H groups in total. The van der Waals surface area contributed by atoms with E-state index in [1.165, 1.54) is 238 Å². The van der Waals surface area contributed by atoms with Crippen molar-refractivity contribution in [2.45, 2.75) is 367 Å². The molecule has 6 heteroatoms. The van der Waals surface area contributed by atoms with Gasteiger partial charge in [-0.05, 0) is 77.0 Å². The van der Waals surface area contributed by atoms with Crippen LogP contribution in [0.5, 0.6) is 0 Å². The van der Waals surface area contributed by atoms with Gasteiger partial charge in [0.2, 0.25) is 0 Å². The van der Waals surface area contributed by atoms with E-state index in [9.17, 15) is 14.4 Å². The number of allylic oxidation sites excluding steroid dienone is 6. The Labute approximate surface area is 461 Å². The van der Waals surface area contributed by atoms with Gasteiger partial charge in [0.15, 0.2) is 6.10 Å². The molecule has 0 rings (SSSR count). The van der Waals surface area contributed by atoms with E-state index in [4.69, 9.17) is 14.2 Å². The summed E-state index contributed by atoms with van der Waals surface area (Å²) in [5, 5.41) is 0. The second-order valence-corrected chi connectivity index (χ2v) is 22.4. The van der Waals surface area contributed by atoms with E-state index < -0.39 is 6.10 Å². The molecule has 0 radical (unpaired) electrons. The molecule has 6 nitrogen and oxygen atoms in total. The fraction of sp³-hybridized carbons (Fsp3) is 0.868. The van der Waals surface area contributed by atoms with Gasteiger partial charge in [0.05, 0.1) is 0 Å². The van der Waals surface area contributed by atoms with Crippen LogP contribution in [0.3, 0.4) is 0 Å². The Bertz CT molecular complexity index is 1240. The summed E-state index contributed by atoms with van der Waals surface area (Å²) in [7, 11) is 0. The van der Waals surface area contributed by atoms with Crippen LogP contribution in [0.2, 0.25) is 0 Å². The molecule has 0 aliphatic heterocycles. The molecule has 0 aliphatic carbocycles. The van der Waals surface area contributed by atoms with Gasteiger partial charge >= 0.3 is 17.9 Å². The van der Waals surface area contributed by atoms with Crippen LogP contribution < -0.4 is 0 Å². The van der Waals surface area contributed by atoms with Crippen molar-refractivity contribution < 1.29 is 28.6 Å². The Hall–Kier alpha value is -2.37. The van der Waals surface area contributed by atoms with E-state index in [2.05, 4.69) is 57.2 Å². The van der Waals surface area contributed by atoms with Crippen LogP contribution in [-0.4, -0.2) is 37.2 Å². The summed E-state index contributed by atoms with van der Waals surface area (Å²) in [6, 6.07) is 0. The average Bonchev–Trinajstić information content (AvgIpc) is 3.40. The van der Waals surface area contributed by atoms with E-state index in [0.717, 1.165) is 83.5 Å². The molecule has 0 aliphatic rings. The highest BCUT2D eigenvalue weighted by atomic mass is 16.6. The van der Waals surface area contributed by atoms with E-state index >= 15 is 0 Å². The zero-order valence-corrected chi connectivity index (χ0v) is 49.9. The Morgan fingerprint density at radius 1 is 0.270 bits per heavy atom. The van der Waals surface area contributed by atoms with Gasteiger partial charge in [-0.2, -0.15) is 0 Å². The molecular formula is C68H126O6. The third kappa shape index (κ3) is 60.5. The minimum atomic E-state index is -0.777. The van der Waals surface area contributed by atoms with Crippen molar-refractivity contribution in [2.24, 2.45) is 0 Å². The van der Waals surface area contributed by atoms with Crippen molar-refractivity contribution in [1.29, 1.82) is 0 Å². The minimum absolute atomic E-state index is 0.0731. The Morgan fingerprint density at radius 2 is 0.486 bits per heavy atom. The highest BCUT2D eigenvalue weighted by Gasteiger charge is 2.19. The molecule has 0 bridgehead atoms. The summed E-state index contributed by atoms with van der Waals surface area (Å²) in [6.45, 7) is 6.66. The van der Waals surface area contributed by atoms with Gasteiger partial charge in [0.1, 0.15) is 13.2 Å². The lowest BCUT2D eigenvalue weighted by Crippen LogP contribution is -2.30. The standard InChI is InChI=1S/C68H126O6/c1-4-7-10-13-16-19-22-25-28-29-30-31-32-33-34-35-36-37-38-39-41-43-46-49-52-55-58-61-67(70)73-64-65(63-72-66(69)60-57-54-51-48-45-42-27-24-21-18-15-12-9-6-3)74-68(71)62-59-56-53-50-47-44-40-26-23-20-17-14-11-8-5-2/h17,20,26,29-30,40,65H,4-16,18-19,21-25,27-28,31-39,41-64H2,1-3H3/b20-17-,30-29-,40-26-. The van der Waals surface area contributed by atoms with Crippen LogP contribution in [-0.2, 0) is 28.6 Å². The number of rotatable bonds is 61. The van der Waals surface area contributed by atoms with Crippen LogP contribution in [0.15, 0.2) is 36.5 Å². The normalized spacial score (nSPS) is 12.2. The van der Waals surface area contributed by atoms with E-state index in [1.807, 2.05) is 0 Å². The Balaban J connectivity index is 4.21. The fourth-order valence-corrected chi connectivity index (χ4v) is 9.88. The first-order valence-corrected chi connectivity index (χ1v) is 33.0. The van der Waals surface area contributed by atoms with Crippen LogP contribution in [0.4, 0.5) is 0 Å². The first-order chi connectivity index (χ1) is 36.5. The van der Waals surface area contributed by atoms with E-state index in [0.29, 0.717) is 19.3 Å². The van der Waals surface area contributed by atoms with Crippen molar-refractivity contribution in [2.75, 3.05) is 13.2 Å². The second kappa shape index (κ2) is 63.2. The number of carbonyl (C=O) groups excluding carboxylic acids is 3. The lowest BCUT2D eigenvalue weighted by Gasteiger charge is -2.18. The lowest BCUT2D eigenvalue weighted by atomic mass is 10.0. The molecule has 0 amide bonds. The van der Waals surface area contributed by atoms with Gasteiger partial charge in [0, 0.05) is 19.3 Å².